The topological polar surface area (TPSA) is 122 Å². The fraction of sp³-hybridized carbons (Fsp3) is 0.389. The van der Waals surface area contributed by atoms with Crippen molar-refractivity contribution in [2.75, 3.05) is 25.5 Å². The quantitative estimate of drug-likeness (QED) is 0.506. The summed E-state index contributed by atoms with van der Waals surface area (Å²) in [5.41, 5.74) is 0.437. The number of nitro benzene ring substituents is 1. The number of carbonyl (C=O) groups excluding carboxylic acids is 1. The second-order valence-electron chi connectivity index (χ2n) is 6.61. The van der Waals surface area contributed by atoms with Crippen molar-refractivity contribution in [1.82, 2.24) is 9.62 Å². The number of nitrogens with one attached hydrogen (secondary N) is 2. The van der Waals surface area contributed by atoms with Gasteiger partial charge in [0.1, 0.15) is 4.21 Å². The summed E-state index contributed by atoms with van der Waals surface area (Å²) in [7, 11) is -1.88. The first-order chi connectivity index (χ1) is 13.8. The second-order valence-corrected chi connectivity index (χ2v) is 9.94. The van der Waals surface area contributed by atoms with Crippen LogP contribution < -0.4 is 10.6 Å². The highest BCUT2D eigenvalue weighted by Crippen LogP contribution is 2.27. The zero-order valence-electron chi connectivity index (χ0n) is 15.9. The molecule has 0 atom stereocenters. The number of hydrogen-bond donors (Lipinski definition) is 2. The predicted octanol–water partition coefficient (Wildman–Crippen LogP) is 2.80. The van der Waals surface area contributed by atoms with Crippen LogP contribution in [0, 0.1) is 10.1 Å². The summed E-state index contributed by atoms with van der Waals surface area (Å²) in [6, 6.07) is 7.24. The molecule has 1 fully saturated rings. The number of nitro groups is 1. The van der Waals surface area contributed by atoms with Crippen LogP contribution in [0.1, 0.15) is 34.5 Å². The van der Waals surface area contributed by atoms with Gasteiger partial charge in [0.25, 0.3) is 21.6 Å². The lowest BCUT2D eigenvalue weighted by molar-refractivity contribution is -0.384. The summed E-state index contributed by atoms with van der Waals surface area (Å²) >= 11 is 1.12. The van der Waals surface area contributed by atoms with Crippen LogP contribution in [0.25, 0.3) is 0 Å². The fourth-order valence-corrected chi connectivity index (χ4v) is 6.11. The number of amides is 1. The Balaban J connectivity index is 1.70. The standard InChI is InChI=1S/C18H22N4O5S2/c1-19-16-7-5-13(22(24)25)11-15(16)18(23)20-12-14-6-8-17(28-14)29(26,27)21-9-3-2-4-10-21/h5-8,11,19H,2-4,9-10,12H2,1H3,(H,20,23). The van der Waals surface area contributed by atoms with E-state index >= 15 is 0 Å². The molecule has 29 heavy (non-hydrogen) atoms. The lowest BCUT2D eigenvalue weighted by atomic mass is 10.1. The highest BCUT2D eigenvalue weighted by atomic mass is 32.2. The van der Waals surface area contributed by atoms with E-state index in [2.05, 4.69) is 10.6 Å². The van der Waals surface area contributed by atoms with E-state index in [9.17, 15) is 23.3 Å². The van der Waals surface area contributed by atoms with Gasteiger partial charge in [-0.2, -0.15) is 4.31 Å². The van der Waals surface area contributed by atoms with Crippen LogP contribution in [-0.4, -0.2) is 43.7 Å². The minimum Gasteiger partial charge on any atom is -0.387 e. The molecule has 1 amide bonds. The Morgan fingerprint density at radius 1 is 1.21 bits per heavy atom. The summed E-state index contributed by atoms with van der Waals surface area (Å²) < 4.78 is 27.2. The molecule has 1 aromatic carbocycles. The Bertz CT molecular complexity index is 1010. The Hall–Kier alpha value is -2.50. The van der Waals surface area contributed by atoms with Crippen LogP contribution in [0.2, 0.25) is 0 Å². The highest BCUT2D eigenvalue weighted by molar-refractivity contribution is 7.91. The Kier molecular flexibility index (Phi) is 6.50. The van der Waals surface area contributed by atoms with E-state index in [1.807, 2.05) is 0 Å². The van der Waals surface area contributed by atoms with E-state index in [0.717, 1.165) is 30.6 Å². The number of benzene rings is 1. The number of nitrogens with zero attached hydrogens (tertiary/aromatic N) is 2. The number of thiophene rings is 1. The molecule has 1 aromatic heterocycles. The van der Waals surface area contributed by atoms with Crippen molar-refractivity contribution < 1.29 is 18.1 Å². The third kappa shape index (κ3) is 4.74. The van der Waals surface area contributed by atoms with Crippen LogP contribution in [0.3, 0.4) is 0 Å². The van der Waals surface area contributed by atoms with Crippen molar-refractivity contribution in [3.8, 4) is 0 Å². The second kappa shape index (κ2) is 8.89. The van der Waals surface area contributed by atoms with E-state index in [-0.39, 0.29) is 22.0 Å². The zero-order chi connectivity index (χ0) is 21.0. The molecule has 1 saturated heterocycles. The molecule has 2 heterocycles. The molecule has 9 nitrogen and oxygen atoms in total. The maximum absolute atomic E-state index is 12.7. The van der Waals surface area contributed by atoms with Gasteiger partial charge in [0.05, 0.1) is 17.0 Å². The van der Waals surface area contributed by atoms with E-state index in [4.69, 9.17) is 0 Å². The lowest BCUT2D eigenvalue weighted by Crippen LogP contribution is -2.35. The summed E-state index contributed by atoms with van der Waals surface area (Å²) in [4.78, 5) is 23.6. The first-order valence-corrected chi connectivity index (χ1v) is 11.4. The van der Waals surface area contributed by atoms with Crippen LogP contribution in [-0.2, 0) is 16.6 Å². The van der Waals surface area contributed by atoms with Crippen molar-refractivity contribution in [3.63, 3.8) is 0 Å². The van der Waals surface area contributed by atoms with Crippen LogP contribution in [0.5, 0.6) is 0 Å². The highest BCUT2D eigenvalue weighted by Gasteiger charge is 2.27. The maximum atomic E-state index is 12.7. The summed E-state index contributed by atoms with van der Waals surface area (Å²) in [5.74, 6) is -0.480. The van der Waals surface area contributed by atoms with Gasteiger partial charge in [-0.05, 0) is 31.0 Å². The van der Waals surface area contributed by atoms with E-state index in [1.54, 1.807) is 19.2 Å². The van der Waals surface area contributed by atoms with Crippen molar-refractivity contribution >= 4 is 38.6 Å². The number of non-ortho nitro benzene ring substituents is 1. The minimum atomic E-state index is -3.50. The van der Waals surface area contributed by atoms with Gasteiger partial charge in [-0.25, -0.2) is 8.42 Å². The van der Waals surface area contributed by atoms with Crippen LogP contribution >= 0.6 is 11.3 Å². The molecule has 0 aliphatic carbocycles. The molecule has 0 radical (unpaired) electrons. The lowest BCUT2D eigenvalue weighted by Gasteiger charge is -2.25. The third-order valence-corrected chi connectivity index (χ3v) is 8.15. The van der Waals surface area contributed by atoms with Crippen molar-refractivity contribution in [3.05, 3.63) is 50.9 Å². The molecule has 11 heteroatoms. The van der Waals surface area contributed by atoms with Gasteiger partial charge >= 0.3 is 0 Å². The van der Waals surface area contributed by atoms with E-state index in [0.29, 0.717) is 23.7 Å². The monoisotopic (exact) mass is 438 g/mol. The SMILES string of the molecule is CNc1ccc([N+](=O)[O-])cc1C(=O)NCc1ccc(S(=O)(=O)N2CCCCC2)s1. The number of sulfonamides is 1. The molecule has 1 aliphatic rings. The average molecular weight is 439 g/mol. The minimum absolute atomic E-state index is 0.130. The first kappa shape index (κ1) is 21.2. The number of piperidine rings is 1. The summed E-state index contributed by atoms with van der Waals surface area (Å²) in [6.07, 6.45) is 2.77. The molecule has 2 aromatic rings. The first-order valence-electron chi connectivity index (χ1n) is 9.16. The molecule has 0 unspecified atom stereocenters. The van der Waals surface area contributed by atoms with E-state index < -0.39 is 20.9 Å². The number of anilines is 1. The Morgan fingerprint density at radius 3 is 2.59 bits per heavy atom. The maximum Gasteiger partial charge on any atom is 0.270 e. The molecule has 0 saturated carbocycles. The van der Waals surface area contributed by atoms with Gasteiger partial charge in [-0.1, -0.05) is 6.42 Å². The molecular formula is C18H22N4O5S2. The van der Waals surface area contributed by atoms with Gasteiger partial charge in [0.15, 0.2) is 0 Å². The summed E-state index contributed by atoms with van der Waals surface area (Å²) in [5, 5.41) is 16.5. The van der Waals surface area contributed by atoms with Gasteiger partial charge in [-0.15, -0.1) is 11.3 Å². The smallest absolute Gasteiger partial charge is 0.270 e. The van der Waals surface area contributed by atoms with Crippen molar-refractivity contribution in [2.24, 2.45) is 0 Å². The van der Waals surface area contributed by atoms with Crippen molar-refractivity contribution in [2.45, 2.75) is 30.0 Å². The number of rotatable bonds is 7. The zero-order valence-corrected chi connectivity index (χ0v) is 17.5. The molecule has 1 aliphatic heterocycles. The molecule has 0 bridgehead atoms. The molecular weight excluding hydrogens is 416 g/mol. The van der Waals surface area contributed by atoms with Crippen molar-refractivity contribution in [1.29, 1.82) is 0 Å². The molecule has 156 valence electrons. The normalized spacial score (nSPS) is 15.1. The summed E-state index contributed by atoms with van der Waals surface area (Å²) in [6.45, 7) is 1.20. The average Bonchev–Trinajstić information content (AvgIpc) is 3.22. The molecule has 2 N–H and O–H groups in total. The molecule has 3 rings (SSSR count). The van der Waals surface area contributed by atoms with E-state index in [1.165, 1.54) is 22.5 Å². The molecule has 0 spiro atoms. The van der Waals surface area contributed by atoms with Gasteiger partial charge < -0.3 is 10.6 Å². The van der Waals surface area contributed by atoms with Gasteiger partial charge in [-0.3, -0.25) is 14.9 Å². The Morgan fingerprint density at radius 2 is 1.93 bits per heavy atom. The largest absolute Gasteiger partial charge is 0.387 e. The number of hydrogen-bond acceptors (Lipinski definition) is 7. The fourth-order valence-electron chi connectivity index (χ4n) is 3.14. The van der Waals surface area contributed by atoms with Gasteiger partial charge in [0, 0.05) is 42.8 Å². The predicted molar refractivity (Wildman–Crippen MR) is 111 cm³/mol. The van der Waals surface area contributed by atoms with Gasteiger partial charge in [0.2, 0.25) is 0 Å². The Labute approximate surface area is 172 Å². The number of carbonyl (C=O) groups is 1. The third-order valence-electron chi connectivity index (χ3n) is 4.70. The van der Waals surface area contributed by atoms with Crippen LogP contribution in [0.4, 0.5) is 11.4 Å². The van der Waals surface area contributed by atoms with Crippen LogP contribution in [0.15, 0.2) is 34.5 Å².